The highest BCUT2D eigenvalue weighted by Crippen LogP contribution is 2.42. The lowest BCUT2D eigenvalue weighted by molar-refractivity contribution is 0.281. The normalized spacial score (nSPS) is 12.6. The van der Waals surface area contributed by atoms with Crippen molar-refractivity contribution in [1.82, 2.24) is 0 Å². The molecule has 0 aliphatic carbocycles. The Labute approximate surface area is 95.5 Å². The SMILES string of the molecule is Cc1ccc(OP(=O)(O)O)c(C(C)(C)C)c1. The molecule has 1 rings (SSSR count). The first-order valence-corrected chi connectivity index (χ1v) is 6.49. The van der Waals surface area contributed by atoms with Crippen LogP contribution < -0.4 is 4.52 Å². The third-order valence-electron chi connectivity index (χ3n) is 2.16. The van der Waals surface area contributed by atoms with Crippen LogP contribution in [0.15, 0.2) is 18.2 Å². The van der Waals surface area contributed by atoms with E-state index in [0.717, 1.165) is 11.1 Å². The Balaban J connectivity index is 3.24. The van der Waals surface area contributed by atoms with Crippen LogP contribution in [0.5, 0.6) is 5.75 Å². The molecule has 0 heterocycles. The van der Waals surface area contributed by atoms with Crippen molar-refractivity contribution < 1.29 is 18.9 Å². The van der Waals surface area contributed by atoms with Gasteiger partial charge in [0.25, 0.3) is 0 Å². The van der Waals surface area contributed by atoms with Gasteiger partial charge >= 0.3 is 7.82 Å². The van der Waals surface area contributed by atoms with Gasteiger partial charge in [0.2, 0.25) is 0 Å². The molecule has 1 aromatic carbocycles. The number of benzene rings is 1. The van der Waals surface area contributed by atoms with Crippen molar-refractivity contribution in [3.8, 4) is 5.75 Å². The van der Waals surface area contributed by atoms with Crippen LogP contribution in [0.2, 0.25) is 0 Å². The van der Waals surface area contributed by atoms with Gasteiger partial charge in [-0.25, -0.2) is 4.57 Å². The Morgan fingerprint density at radius 3 is 2.25 bits per heavy atom. The molecule has 0 aliphatic heterocycles. The van der Waals surface area contributed by atoms with Gasteiger partial charge in [0.15, 0.2) is 0 Å². The van der Waals surface area contributed by atoms with Crippen molar-refractivity contribution in [3.05, 3.63) is 29.3 Å². The number of phosphoric ester groups is 1. The molecule has 0 unspecified atom stereocenters. The molecule has 0 bridgehead atoms. The van der Waals surface area contributed by atoms with Crippen LogP contribution in [-0.2, 0) is 9.98 Å². The smallest absolute Gasteiger partial charge is 0.404 e. The number of hydrogen-bond acceptors (Lipinski definition) is 2. The Hall–Kier alpha value is -0.830. The summed E-state index contributed by atoms with van der Waals surface area (Å²) in [5, 5.41) is 0. The first-order valence-electron chi connectivity index (χ1n) is 4.96. The molecule has 16 heavy (non-hydrogen) atoms. The summed E-state index contributed by atoms with van der Waals surface area (Å²) in [5.41, 5.74) is 1.59. The fourth-order valence-electron chi connectivity index (χ4n) is 1.44. The van der Waals surface area contributed by atoms with Gasteiger partial charge in [-0.2, -0.15) is 0 Å². The Kier molecular flexibility index (Phi) is 3.48. The molecule has 1 aromatic rings. The molecule has 0 spiro atoms. The summed E-state index contributed by atoms with van der Waals surface area (Å²) in [6.07, 6.45) is 0. The standard InChI is InChI=1S/C11H17O4P/c1-8-5-6-10(15-16(12,13)14)9(7-8)11(2,3)4/h5-7H,1-4H3,(H2,12,13,14). The lowest BCUT2D eigenvalue weighted by Crippen LogP contribution is -2.13. The molecule has 0 aromatic heterocycles. The first-order chi connectivity index (χ1) is 7.09. The van der Waals surface area contributed by atoms with E-state index in [2.05, 4.69) is 4.52 Å². The zero-order valence-electron chi connectivity index (χ0n) is 9.89. The zero-order chi connectivity index (χ0) is 12.6. The third kappa shape index (κ3) is 3.63. The summed E-state index contributed by atoms with van der Waals surface area (Å²) in [4.78, 5) is 17.6. The van der Waals surface area contributed by atoms with E-state index in [-0.39, 0.29) is 11.2 Å². The lowest BCUT2D eigenvalue weighted by Gasteiger charge is -2.23. The molecule has 0 aliphatic rings. The van der Waals surface area contributed by atoms with Crippen LogP contribution in [0.4, 0.5) is 0 Å². The minimum Gasteiger partial charge on any atom is -0.404 e. The average molecular weight is 244 g/mol. The highest BCUT2D eigenvalue weighted by atomic mass is 31.2. The molecule has 0 amide bonds. The molecule has 4 nitrogen and oxygen atoms in total. The van der Waals surface area contributed by atoms with Crippen LogP contribution in [0.25, 0.3) is 0 Å². The molecule has 0 radical (unpaired) electrons. The average Bonchev–Trinajstić information content (AvgIpc) is 2.04. The quantitative estimate of drug-likeness (QED) is 0.785. The van der Waals surface area contributed by atoms with Gasteiger partial charge in [-0.15, -0.1) is 0 Å². The monoisotopic (exact) mass is 244 g/mol. The van der Waals surface area contributed by atoms with Gasteiger partial charge in [-0.05, 0) is 18.4 Å². The zero-order valence-corrected chi connectivity index (χ0v) is 10.8. The number of phosphoric acid groups is 1. The van der Waals surface area contributed by atoms with E-state index in [1.54, 1.807) is 12.1 Å². The van der Waals surface area contributed by atoms with Gasteiger partial charge in [-0.1, -0.05) is 38.5 Å². The molecule has 0 atom stereocenters. The second-order valence-electron chi connectivity index (χ2n) is 4.83. The fraction of sp³-hybridized carbons (Fsp3) is 0.455. The predicted molar refractivity (Wildman–Crippen MR) is 62.6 cm³/mol. The summed E-state index contributed by atoms with van der Waals surface area (Å²) in [5.74, 6) is 0.242. The van der Waals surface area contributed by atoms with Gasteiger partial charge < -0.3 is 4.52 Å². The number of rotatable bonds is 2. The van der Waals surface area contributed by atoms with Crippen molar-refractivity contribution >= 4 is 7.82 Å². The number of aryl methyl sites for hydroxylation is 1. The lowest BCUT2D eigenvalue weighted by atomic mass is 9.85. The molecule has 0 saturated carbocycles. The Bertz CT molecular complexity index is 428. The maximum atomic E-state index is 10.8. The van der Waals surface area contributed by atoms with Gasteiger partial charge in [-0.3, -0.25) is 9.79 Å². The topological polar surface area (TPSA) is 66.8 Å². The van der Waals surface area contributed by atoms with Crippen molar-refractivity contribution in [2.45, 2.75) is 33.1 Å². The molecule has 5 heteroatoms. The highest BCUT2D eigenvalue weighted by Gasteiger charge is 2.24. The first kappa shape index (κ1) is 13.2. The fourth-order valence-corrected chi connectivity index (χ4v) is 1.85. The predicted octanol–water partition coefficient (Wildman–Crippen LogP) is 2.76. The van der Waals surface area contributed by atoms with E-state index >= 15 is 0 Å². The summed E-state index contributed by atoms with van der Waals surface area (Å²) < 4.78 is 15.5. The van der Waals surface area contributed by atoms with Crippen molar-refractivity contribution in [1.29, 1.82) is 0 Å². The molecular formula is C11H17O4P. The maximum Gasteiger partial charge on any atom is 0.524 e. The molecule has 0 saturated heterocycles. The van der Waals surface area contributed by atoms with E-state index in [1.807, 2.05) is 33.8 Å². The molecule has 0 fully saturated rings. The van der Waals surface area contributed by atoms with Crippen LogP contribution in [0.3, 0.4) is 0 Å². The van der Waals surface area contributed by atoms with Crippen molar-refractivity contribution in [3.63, 3.8) is 0 Å². The second kappa shape index (κ2) is 4.21. The molecule has 2 N–H and O–H groups in total. The van der Waals surface area contributed by atoms with Crippen LogP contribution in [0, 0.1) is 6.92 Å². The number of hydrogen-bond donors (Lipinski definition) is 2. The van der Waals surface area contributed by atoms with Gasteiger partial charge in [0.05, 0.1) is 0 Å². The summed E-state index contributed by atoms with van der Waals surface area (Å²) in [7, 11) is -4.50. The highest BCUT2D eigenvalue weighted by molar-refractivity contribution is 7.46. The van der Waals surface area contributed by atoms with E-state index in [4.69, 9.17) is 9.79 Å². The van der Waals surface area contributed by atoms with E-state index in [1.165, 1.54) is 0 Å². The Morgan fingerprint density at radius 1 is 1.25 bits per heavy atom. The van der Waals surface area contributed by atoms with E-state index in [0.29, 0.717) is 0 Å². The minimum absolute atomic E-state index is 0.226. The second-order valence-corrected chi connectivity index (χ2v) is 6.00. The maximum absolute atomic E-state index is 10.8. The van der Waals surface area contributed by atoms with Gasteiger partial charge in [0, 0.05) is 5.56 Å². The van der Waals surface area contributed by atoms with Crippen LogP contribution in [0.1, 0.15) is 31.9 Å². The van der Waals surface area contributed by atoms with Crippen molar-refractivity contribution in [2.24, 2.45) is 0 Å². The minimum atomic E-state index is -4.50. The van der Waals surface area contributed by atoms with Gasteiger partial charge in [0.1, 0.15) is 5.75 Å². The van der Waals surface area contributed by atoms with Crippen LogP contribution in [-0.4, -0.2) is 9.79 Å². The largest absolute Gasteiger partial charge is 0.524 e. The molecular weight excluding hydrogens is 227 g/mol. The van der Waals surface area contributed by atoms with Crippen molar-refractivity contribution in [2.75, 3.05) is 0 Å². The summed E-state index contributed by atoms with van der Waals surface area (Å²) in [6.45, 7) is 7.83. The van der Waals surface area contributed by atoms with Crippen LogP contribution >= 0.6 is 7.82 Å². The van der Waals surface area contributed by atoms with E-state index < -0.39 is 7.82 Å². The third-order valence-corrected chi connectivity index (χ3v) is 2.59. The summed E-state index contributed by atoms with van der Waals surface area (Å²) in [6, 6.07) is 5.24. The molecule has 90 valence electrons. The van der Waals surface area contributed by atoms with E-state index in [9.17, 15) is 4.57 Å². The summed E-state index contributed by atoms with van der Waals surface area (Å²) >= 11 is 0. The Morgan fingerprint density at radius 2 is 1.81 bits per heavy atom.